The highest BCUT2D eigenvalue weighted by Gasteiger charge is 2.14. The maximum Gasteiger partial charge on any atom is 0.164 e. The molecule has 8 heteroatoms. The molecule has 0 aromatic heterocycles. The molecule has 0 unspecified atom stereocenters. The van der Waals surface area contributed by atoms with Crippen molar-refractivity contribution in [3.05, 3.63) is 34.8 Å². The second-order valence-corrected chi connectivity index (χ2v) is 10.6. The lowest BCUT2D eigenvalue weighted by Crippen LogP contribution is -2.04. The summed E-state index contributed by atoms with van der Waals surface area (Å²) in [7, 11) is 0. The zero-order valence-corrected chi connectivity index (χ0v) is 26.6. The van der Waals surface area contributed by atoms with Crippen LogP contribution in [-0.2, 0) is 9.59 Å². The van der Waals surface area contributed by atoms with E-state index in [0.717, 1.165) is 25.7 Å². The van der Waals surface area contributed by atoms with Crippen molar-refractivity contribution in [2.45, 2.75) is 119 Å². The van der Waals surface area contributed by atoms with Crippen LogP contribution in [0.5, 0.6) is 11.5 Å². The van der Waals surface area contributed by atoms with Crippen LogP contribution in [0.3, 0.4) is 0 Å². The second kappa shape index (κ2) is 21.3. The largest absolute Gasteiger partial charge is 0.512 e. The van der Waals surface area contributed by atoms with Gasteiger partial charge in [-0.2, -0.15) is 0 Å². The molecule has 0 spiro atoms. The number of carbonyl (C=O) groups is 2. The van der Waals surface area contributed by atoms with Crippen molar-refractivity contribution >= 4 is 35.4 Å². The van der Waals surface area contributed by atoms with Crippen LogP contribution in [0, 0.1) is 0 Å². The summed E-state index contributed by atoms with van der Waals surface area (Å²) in [4.78, 5) is 33.0. The van der Waals surface area contributed by atoms with Crippen molar-refractivity contribution < 1.29 is 29.3 Å². The summed E-state index contributed by atoms with van der Waals surface area (Å²) in [6.07, 6.45) is 16.2. The average Bonchev–Trinajstić information content (AvgIpc) is 2.92. The molecule has 1 aromatic rings. The summed E-state index contributed by atoms with van der Waals surface area (Å²) in [6.45, 7) is 11.0. The minimum atomic E-state index is -0.333. The minimum absolute atomic E-state index is 0.0680. The summed E-state index contributed by atoms with van der Waals surface area (Å²) in [5.41, 5.74) is 0.848. The van der Waals surface area contributed by atoms with E-state index in [0.29, 0.717) is 36.1 Å². The first-order valence-electron chi connectivity index (χ1n) is 15.5. The Labute approximate surface area is 252 Å². The molecule has 0 aliphatic heterocycles. The monoisotopic (exact) mass is 584 g/mol. The molecule has 0 aliphatic carbocycles. The van der Waals surface area contributed by atoms with E-state index in [9.17, 15) is 19.8 Å². The Bertz CT molecular complexity index is 1020. The fourth-order valence-corrected chi connectivity index (χ4v) is 4.25. The van der Waals surface area contributed by atoms with Crippen molar-refractivity contribution in [2.75, 3.05) is 13.2 Å². The second-order valence-electron chi connectivity index (χ2n) is 10.6. The Kier molecular flexibility index (Phi) is 18.6. The highest BCUT2D eigenvalue weighted by atomic mass is 16.5. The zero-order valence-electron chi connectivity index (χ0n) is 26.6. The summed E-state index contributed by atoms with van der Waals surface area (Å²) in [6, 6.07) is 3.40. The topological polar surface area (TPSA) is 118 Å². The van der Waals surface area contributed by atoms with Gasteiger partial charge in [0.25, 0.3) is 0 Å². The molecule has 42 heavy (non-hydrogen) atoms. The van der Waals surface area contributed by atoms with Crippen LogP contribution in [-0.4, -0.2) is 47.4 Å². The molecule has 0 heterocycles. The number of aliphatic hydroxyl groups is 2. The minimum Gasteiger partial charge on any atom is -0.512 e. The van der Waals surface area contributed by atoms with Crippen LogP contribution >= 0.6 is 0 Å². The molecule has 0 radical (unpaired) electrons. The molecule has 0 saturated heterocycles. The third-order valence-electron chi connectivity index (χ3n) is 6.76. The van der Waals surface area contributed by atoms with E-state index < -0.39 is 0 Å². The van der Waals surface area contributed by atoms with E-state index in [1.54, 1.807) is 12.1 Å². The van der Waals surface area contributed by atoms with Gasteiger partial charge in [0.05, 0.1) is 35.7 Å². The van der Waals surface area contributed by atoms with E-state index in [2.05, 4.69) is 23.8 Å². The van der Waals surface area contributed by atoms with E-state index in [4.69, 9.17) is 9.47 Å². The van der Waals surface area contributed by atoms with E-state index in [-0.39, 0.29) is 34.2 Å². The number of hydrogen-bond donors (Lipinski definition) is 2. The molecule has 0 amide bonds. The highest BCUT2D eigenvalue weighted by Crippen LogP contribution is 2.40. The number of rotatable bonds is 22. The Hall–Kier alpha value is -3.42. The van der Waals surface area contributed by atoms with Gasteiger partial charge in [0.1, 0.15) is 11.5 Å². The van der Waals surface area contributed by atoms with Crippen molar-refractivity contribution in [3.63, 3.8) is 0 Å². The number of aliphatic imine (C=N–C) groups is 2. The van der Waals surface area contributed by atoms with E-state index >= 15 is 0 Å². The van der Waals surface area contributed by atoms with Gasteiger partial charge >= 0.3 is 0 Å². The number of Topliss-reactive ketones (excluding diaryl/α,β-unsaturated/α-hetero) is 2. The van der Waals surface area contributed by atoms with Crippen LogP contribution < -0.4 is 9.47 Å². The Balaban J connectivity index is 3.41. The molecule has 2 N–H and O–H groups in total. The molecule has 0 saturated carbocycles. The Morgan fingerprint density at radius 3 is 1.26 bits per heavy atom. The molecule has 0 atom stereocenters. The highest BCUT2D eigenvalue weighted by molar-refractivity contribution is 6.14. The number of aliphatic hydroxyl groups excluding tert-OH is 2. The number of unbranched alkanes of at least 4 members (excludes halogenated alkanes) is 10. The smallest absolute Gasteiger partial charge is 0.164 e. The maximum atomic E-state index is 12.0. The molecule has 0 aliphatic rings. The van der Waals surface area contributed by atoms with Crippen LogP contribution in [0.1, 0.15) is 119 Å². The fraction of sp³-hybridized carbons (Fsp3) is 0.588. The molecule has 1 aromatic carbocycles. The predicted octanol–water partition coefficient (Wildman–Crippen LogP) is 9.41. The molecular formula is C34H52N2O6. The van der Waals surface area contributed by atoms with Crippen LogP contribution in [0.4, 0.5) is 11.4 Å². The third kappa shape index (κ3) is 14.5. The zero-order chi connectivity index (χ0) is 31.3. The normalized spacial score (nSPS) is 12.9. The first-order valence-corrected chi connectivity index (χ1v) is 15.5. The Morgan fingerprint density at radius 2 is 0.952 bits per heavy atom. The molecule has 1 rings (SSSR count). The van der Waals surface area contributed by atoms with Gasteiger partial charge in [0.15, 0.2) is 23.1 Å². The summed E-state index contributed by atoms with van der Waals surface area (Å²) >= 11 is 0. The SMILES string of the molecule is CCCCCCCCOc1cc(N=C/C(C(C)=O)=C(/C)O)c(N=C/C(C(C)=O)=C(/C)O)cc1OCCCCCCCC. The lowest BCUT2D eigenvalue weighted by Gasteiger charge is -2.15. The number of ketones is 2. The molecule has 0 fully saturated rings. The lowest BCUT2D eigenvalue weighted by atomic mass is 10.1. The van der Waals surface area contributed by atoms with E-state index in [1.165, 1.54) is 91.5 Å². The molecule has 8 nitrogen and oxygen atoms in total. The van der Waals surface area contributed by atoms with Gasteiger partial charge < -0.3 is 19.7 Å². The molecule has 0 bridgehead atoms. The van der Waals surface area contributed by atoms with Crippen LogP contribution in [0.15, 0.2) is 44.8 Å². The number of carbonyl (C=O) groups excluding carboxylic acids is 2. The van der Waals surface area contributed by atoms with Crippen molar-refractivity contribution in [3.8, 4) is 11.5 Å². The average molecular weight is 585 g/mol. The lowest BCUT2D eigenvalue weighted by molar-refractivity contribution is -0.114. The van der Waals surface area contributed by atoms with Crippen molar-refractivity contribution in [1.82, 2.24) is 0 Å². The standard InChI is InChI=1S/C34H52N2O6/c1-7-9-11-13-15-17-19-41-33-21-31(35-23-29(25(3)37)26(4)38)32(36-24-30(27(5)39)28(6)40)22-34(33)42-20-18-16-14-12-10-8-2/h21-24,37,39H,7-20H2,1-6H3/b29-25+,30-27+,35-23?,36-24?. The number of allylic oxidation sites excluding steroid dienone is 4. The van der Waals surface area contributed by atoms with Gasteiger partial charge in [-0.25, -0.2) is 0 Å². The van der Waals surface area contributed by atoms with E-state index in [1.807, 2.05) is 0 Å². The molecular weight excluding hydrogens is 532 g/mol. The van der Waals surface area contributed by atoms with Gasteiger partial charge in [0.2, 0.25) is 0 Å². The summed E-state index contributed by atoms with van der Waals surface area (Å²) in [5, 5.41) is 19.9. The number of benzene rings is 1. The number of ether oxygens (including phenoxy) is 2. The van der Waals surface area contributed by atoms with Crippen LogP contribution in [0.25, 0.3) is 0 Å². The van der Waals surface area contributed by atoms with Crippen LogP contribution in [0.2, 0.25) is 0 Å². The van der Waals surface area contributed by atoms with Crippen molar-refractivity contribution in [2.24, 2.45) is 9.98 Å². The van der Waals surface area contributed by atoms with Gasteiger partial charge in [-0.3, -0.25) is 19.6 Å². The predicted molar refractivity (Wildman–Crippen MR) is 173 cm³/mol. The first-order chi connectivity index (χ1) is 20.1. The van der Waals surface area contributed by atoms with Gasteiger partial charge in [0, 0.05) is 24.6 Å². The summed E-state index contributed by atoms with van der Waals surface area (Å²) < 4.78 is 12.3. The van der Waals surface area contributed by atoms with Gasteiger partial charge in [-0.05, 0) is 40.5 Å². The fourth-order valence-electron chi connectivity index (χ4n) is 4.25. The quantitative estimate of drug-likeness (QED) is 0.0606. The maximum absolute atomic E-state index is 12.0. The number of hydrogen-bond acceptors (Lipinski definition) is 8. The molecule has 234 valence electrons. The third-order valence-corrected chi connectivity index (χ3v) is 6.76. The van der Waals surface area contributed by atoms with Crippen molar-refractivity contribution in [1.29, 1.82) is 0 Å². The number of nitrogens with zero attached hydrogens (tertiary/aromatic N) is 2. The van der Waals surface area contributed by atoms with Gasteiger partial charge in [-0.1, -0.05) is 78.1 Å². The van der Waals surface area contributed by atoms with Gasteiger partial charge in [-0.15, -0.1) is 0 Å². The first kappa shape index (κ1) is 36.6. The summed E-state index contributed by atoms with van der Waals surface area (Å²) in [5.74, 6) is 0.0607. The Morgan fingerprint density at radius 1 is 0.619 bits per heavy atom.